The second-order valence-electron chi connectivity index (χ2n) is 4.91. The number of rotatable bonds is 7. The molecule has 0 saturated carbocycles. The van der Waals surface area contributed by atoms with Gasteiger partial charge in [-0.1, -0.05) is 13.8 Å². The smallest absolute Gasteiger partial charge is 0.251 e. The van der Waals surface area contributed by atoms with Gasteiger partial charge in [0.1, 0.15) is 5.75 Å². The van der Waals surface area contributed by atoms with Gasteiger partial charge in [0.15, 0.2) is 0 Å². The van der Waals surface area contributed by atoms with Crippen LogP contribution in [-0.2, 0) is 4.79 Å². The van der Waals surface area contributed by atoms with Gasteiger partial charge in [-0.2, -0.15) is 0 Å². The molecule has 0 fully saturated rings. The zero-order valence-electron chi connectivity index (χ0n) is 12.2. The highest BCUT2D eigenvalue weighted by atomic mass is 16.5. The molecule has 0 aliphatic carbocycles. The molecule has 0 spiro atoms. The average molecular weight is 278 g/mol. The number of carbonyl (C=O) groups is 2. The number of nitrogens with one attached hydrogen (secondary N) is 2. The summed E-state index contributed by atoms with van der Waals surface area (Å²) in [5, 5.41) is 4.97. The minimum Gasteiger partial charge on any atom is -0.494 e. The Hall–Kier alpha value is -2.04. The zero-order chi connectivity index (χ0) is 15.0. The molecule has 1 aromatic carbocycles. The summed E-state index contributed by atoms with van der Waals surface area (Å²) in [5.74, 6) is 0.840. The normalized spacial score (nSPS) is 10.2. The molecule has 1 rings (SSSR count). The predicted octanol–water partition coefficient (Wildman–Crippen LogP) is 1.59. The second kappa shape index (κ2) is 8.19. The molecule has 110 valence electrons. The highest BCUT2D eigenvalue weighted by Gasteiger charge is 2.07. The van der Waals surface area contributed by atoms with E-state index in [-0.39, 0.29) is 18.4 Å². The number of hydrogen-bond donors (Lipinski definition) is 2. The lowest BCUT2D eigenvalue weighted by Crippen LogP contribution is -2.35. The van der Waals surface area contributed by atoms with Crippen molar-refractivity contribution < 1.29 is 14.3 Å². The Morgan fingerprint density at radius 3 is 2.40 bits per heavy atom. The van der Waals surface area contributed by atoms with Crippen molar-refractivity contribution in [2.75, 3.05) is 20.2 Å². The second-order valence-corrected chi connectivity index (χ2v) is 4.91. The van der Waals surface area contributed by atoms with Crippen molar-refractivity contribution in [3.63, 3.8) is 0 Å². The first-order chi connectivity index (χ1) is 9.52. The number of amides is 2. The maximum Gasteiger partial charge on any atom is 0.251 e. The largest absolute Gasteiger partial charge is 0.494 e. The number of ether oxygens (including phenoxy) is 1. The molecule has 2 N–H and O–H groups in total. The van der Waals surface area contributed by atoms with E-state index in [4.69, 9.17) is 4.74 Å². The van der Waals surface area contributed by atoms with Gasteiger partial charge in [0, 0.05) is 12.6 Å². The molecule has 0 radical (unpaired) electrons. The quantitative estimate of drug-likeness (QED) is 0.796. The van der Waals surface area contributed by atoms with Crippen LogP contribution < -0.4 is 15.4 Å². The van der Waals surface area contributed by atoms with E-state index in [1.807, 2.05) is 0 Å². The Balaban J connectivity index is 2.45. The van der Waals surface area contributed by atoms with Crippen molar-refractivity contribution in [3.05, 3.63) is 29.8 Å². The van der Waals surface area contributed by atoms with Crippen molar-refractivity contribution >= 4 is 11.8 Å². The Labute approximate surface area is 119 Å². The number of hydrogen-bond acceptors (Lipinski definition) is 3. The Bertz CT molecular complexity index is 441. The maximum absolute atomic E-state index is 11.7. The predicted molar refractivity (Wildman–Crippen MR) is 77.8 cm³/mol. The van der Waals surface area contributed by atoms with E-state index in [0.717, 1.165) is 12.2 Å². The van der Waals surface area contributed by atoms with Gasteiger partial charge in [0.25, 0.3) is 5.91 Å². The molecule has 0 heterocycles. The monoisotopic (exact) mass is 278 g/mol. The minimum absolute atomic E-state index is 0.0258. The molecule has 0 unspecified atom stereocenters. The van der Waals surface area contributed by atoms with Crippen molar-refractivity contribution in [2.45, 2.75) is 20.3 Å². The van der Waals surface area contributed by atoms with Crippen LogP contribution in [0.2, 0.25) is 0 Å². The van der Waals surface area contributed by atoms with Crippen molar-refractivity contribution in [2.24, 2.45) is 5.92 Å². The van der Waals surface area contributed by atoms with Crippen LogP contribution in [0.5, 0.6) is 5.75 Å². The van der Waals surface area contributed by atoms with E-state index in [9.17, 15) is 9.59 Å². The molecule has 0 saturated heterocycles. The van der Waals surface area contributed by atoms with Gasteiger partial charge >= 0.3 is 0 Å². The molecule has 0 atom stereocenters. The van der Waals surface area contributed by atoms with Crippen LogP contribution in [0.4, 0.5) is 0 Å². The zero-order valence-corrected chi connectivity index (χ0v) is 12.2. The van der Waals surface area contributed by atoms with Gasteiger partial charge in [-0.25, -0.2) is 0 Å². The van der Waals surface area contributed by atoms with Crippen LogP contribution in [0.3, 0.4) is 0 Å². The average Bonchev–Trinajstić information content (AvgIpc) is 2.44. The van der Waals surface area contributed by atoms with Crippen LogP contribution in [0.25, 0.3) is 0 Å². The third kappa shape index (κ3) is 5.73. The first-order valence-electron chi connectivity index (χ1n) is 6.74. The van der Waals surface area contributed by atoms with E-state index in [2.05, 4.69) is 24.5 Å². The summed E-state index contributed by atoms with van der Waals surface area (Å²) in [6, 6.07) is 6.89. The SMILES string of the molecule is CNC(=O)CNC(=O)c1ccc(OCCC(C)C)cc1. The maximum atomic E-state index is 11.7. The number of benzene rings is 1. The van der Waals surface area contributed by atoms with E-state index in [0.29, 0.717) is 18.1 Å². The lowest BCUT2D eigenvalue weighted by molar-refractivity contribution is -0.119. The molecule has 20 heavy (non-hydrogen) atoms. The molecule has 1 aromatic rings. The van der Waals surface area contributed by atoms with Crippen molar-refractivity contribution in [3.8, 4) is 5.75 Å². The fourth-order valence-electron chi connectivity index (χ4n) is 1.47. The van der Waals surface area contributed by atoms with Gasteiger partial charge in [-0.3, -0.25) is 9.59 Å². The first-order valence-corrected chi connectivity index (χ1v) is 6.74. The summed E-state index contributed by atoms with van der Waals surface area (Å²) in [5.41, 5.74) is 0.505. The summed E-state index contributed by atoms with van der Waals surface area (Å²) in [7, 11) is 1.53. The van der Waals surface area contributed by atoms with Crippen LogP contribution in [0.1, 0.15) is 30.6 Å². The lowest BCUT2D eigenvalue weighted by atomic mass is 10.1. The number of carbonyl (C=O) groups excluding carboxylic acids is 2. The van der Waals surface area contributed by atoms with E-state index in [1.54, 1.807) is 24.3 Å². The standard InChI is InChI=1S/C15H22N2O3/c1-11(2)8-9-20-13-6-4-12(5-7-13)15(19)17-10-14(18)16-3/h4-7,11H,8-10H2,1-3H3,(H,16,18)(H,17,19). The molecule has 5 nitrogen and oxygen atoms in total. The molecule has 0 bridgehead atoms. The van der Waals surface area contributed by atoms with Gasteiger partial charge in [0.05, 0.1) is 13.2 Å². The van der Waals surface area contributed by atoms with Crippen LogP contribution in [0, 0.1) is 5.92 Å². The Morgan fingerprint density at radius 1 is 1.20 bits per heavy atom. The van der Waals surface area contributed by atoms with Crippen LogP contribution in [0.15, 0.2) is 24.3 Å². The van der Waals surface area contributed by atoms with Crippen molar-refractivity contribution in [1.82, 2.24) is 10.6 Å². The third-order valence-corrected chi connectivity index (χ3v) is 2.77. The van der Waals surface area contributed by atoms with Gasteiger partial charge in [-0.15, -0.1) is 0 Å². The fourth-order valence-corrected chi connectivity index (χ4v) is 1.47. The van der Waals surface area contributed by atoms with Gasteiger partial charge in [0.2, 0.25) is 5.91 Å². The topological polar surface area (TPSA) is 67.4 Å². The molecule has 0 aliphatic heterocycles. The lowest BCUT2D eigenvalue weighted by Gasteiger charge is -2.09. The van der Waals surface area contributed by atoms with E-state index in [1.165, 1.54) is 7.05 Å². The molecule has 0 aromatic heterocycles. The van der Waals surface area contributed by atoms with Gasteiger partial charge < -0.3 is 15.4 Å². The Morgan fingerprint density at radius 2 is 1.85 bits per heavy atom. The molecule has 5 heteroatoms. The fraction of sp³-hybridized carbons (Fsp3) is 0.467. The van der Waals surface area contributed by atoms with Crippen LogP contribution in [-0.4, -0.2) is 32.0 Å². The summed E-state index contributed by atoms with van der Waals surface area (Å²) < 4.78 is 5.57. The summed E-state index contributed by atoms with van der Waals surface area (Å²) in [6.45, 7) is 4.92. The first kappa shape index (κ1) is 16.0. The van der Waals surface area contributed by atoms with E-state index >= 15 is 0 Å². The highest BCUT2D eigenvalue weighted by Crippen LogP contribution is 2.13. The number of likely N-dealkylation sites (N-methyl/N-ethyl adjacent to an activating group) is 1. The summed E-state index contributed by atoms with van der Waals surface area (Å²) in [4.78, 5) is 22.8. The summed E-state index contributed by atoms with van der Waals surface area (Å²) >= 11 is 0. The molecular weight excluding hydrogens is 256 g/mol. The van der Waals surface area contributed by atoms with Crippen LogP contribution >= 0.6 is 0 Å². The van der Waals surface area contributed by atoms with Crippen molar-refractivity contribution in [1.29, 1.82) is 0 Å². The Kier molecular flexibility index (Phi) is 6.56. The molecule has 0 aliphatic rings. The third-order valence-electron chi connectivity index (χ3n) is 2.77. The minimum atomic E-state index is -0.276. The molecule has 2 amide bonds. The van der Waals surface area contributed by atoms with Gasteiger partial charge in [-0.05, 0) is 36.6 Å². The molecular formula is C15H22N2O3. The highest BCUT2D eigenvalue weighted by molar-refractivity contribution is 5.96. The van der Waals surface area contributed by atoms with E-state index < -0.39 is 0 Å². The summed E-state index contributed by atoms with van der Waals surface area (Å²) in [6.07, 6.45) is 0.994.